The third-order valence-electron chi connectivity index (χ3n) is 4.44. The average Bonchev–Trinajstić information content (AvgIpc) is 2.72. The summed E-state index contributed by atoms with van der Waals surface area (Å²) < 4.78 is 97.3. The van der Waals surface area contributed by atoms with Crippen LogP contribution >= 0.6 is 0 Å². The molecule has 172 valence electrons. The van der Waals surface area contributed by atoms with E-state index in [1.54, 1.807) is 24.3 Å². The second-order valence-corrected chi connectivity index (χ2v) is 6.85. The number of halogens is 7. The van der Waals surface area contributed by atoms with Crippen molar-refractivity contribution in [1.82, 2.24) is 0 Å². The molecule has 2 aromatic carbocycles. The first-order valence-electron chi connectivity index (χ1n) is 9.04. The fourth-order valence-electron chi connectivity index (χ4n) is 2.66. The van der Waals surface area contributed by atoms with Crippen LogP contribution in [0.3, 0.4) is 0 Å². The Kier molecular flexibility index (Phi) is 7.16. The number of carbonyl (C=O) groups is 1. The van der Waals surface area contributed by atoms with Gasteiger partial charge in [0.2, 0.25) is 0 Å². The molecule has 0 saturated heterocycles. The van der Waals surface area contributed by atoms with Gasteiger partial charge in [-0.3, -0.25) is 4.99 Å². The molecule has 0 spiro atoms. The Morgan fingerprint density at radius 3 is 1.78 bits per heavy atom. The van der Waals surface area contributed by atoms with Crippen molar-refractivity contribution >= 4 is 11.7 Å². The molecule has 2 aromatic rings. The molecular formula is C22H18F7NO2. The van der Waals surface area contributed by atoms with Crippen molar-refractivity contribution in [3.05, 3.63) is 71.8 Å². The molecule has 0 amide bonds. The van der Waals surface area contributed by atoms with Crippen LogP contribution in [0.5, 0.6) is 0 Å². The molecule has 0 radical (unpaired) electrons. The van der Waals surface area contributed by atoms with Gasteiger partial charge in [0.15, 0.2) is 0 Å². The van der Waals surface area contributed by atoms with Crippen molar-refractivity contribution in [1.29, 1.82) is 0 Å². The van der Waals surface area contributed by atoms with E-state index in [2.05, 4.69) is 11.6 Å². The first-order chi connectivity index (χ1) is 14.7. The number of hydrogen-bond acceptors (Lipinski definition) is 3. The van der Waals surface area contributed by atoms with E-state index in [0.717, 1.165) is 12.1 Å². The van der Waals surface area contributed by atoms with Crippen molar-refractivity contribution in [3.8, 4) is 11.1 Å². The zero-order valence-corrected chi connectivity index (χ0v) is 16.9. The van der Waals surface area contributed by atoms with Gasteiger partial charge in [0, 0.05) is 18.2 Å². The van der Waals surface area contributed by atoms with Crippen LogP contribution in [0.1, 0.15) is 18.1 Å². The van der Waals surface area contributed by atoms with E-state index in [9.17, 15) is 35.5 Å². The van der Waals surface area contributed by atoms with Crippen LogP contribution < -0.4 is 0 Å². The number of esters is 1. The fourth-order valence-corrected chi connectivity index (χ4v) is 2.66. The first kappa shape index (κ1) is 25.1. The number of carbonyl (C=O) groups excluding carboxylic acids is 1. The highest BCUT2D eigenvalue weighted by Crippen LogP contribution is 2.48. The maximum atomic E-state index is 14.1. The smallest absolute Gasteiger partial charge is 0.457 e. The largest absolute Gasteiger partial charge is 0.460 e. The molecule has 0 heterocycles. The van der Waals surface area contributed by atoms with Gasteiger partial charge in [0.25, 0.3) is 0 Å². The summed E-state index contributed by atoms with van der Waals surface area (Å²) in [6.45, 7) is 4.97. The van der Waals surface area contributed by atoms with Crippen LogP contribution in [-0.4, -0.2) is 36.8 Å². The third-order valence-corrected chi connectivity index (χ3v) is 4.44. The van der Waals surface area contributed by atoms with Gasteiger partial charge >= 0.3 is 24.0 Å². The second-order valence-electron chi connectivity index (χ2n) is 6.85. The predicted octanol–water partition coefficient (Wildman–Crippen LogP) is 6.22. The topological polar surface area (TPSA) is 38.7 Å². The Labute approximate surface area is 179 Å². The zero-order valence-electron chi connectivity index (χ0n) is 16.9. The predicted molar refractivity (Wildman–Crippen MR) is 105 cm³/mol. The molecule has 0 fully saturated rings. The maximum absolute atomic E-state index is 14.1. The van der Waals surface area contributed by atoms with Crippen molar-refractivity contribution in [2.45, 2.75) is 31.6 Å². The molecule has 2 rings (SSSR count). The highest BCUT2D eigenvalue weighted by molar-refractivity contribution is 6.06. The van der Waals surface area contributed by atoms with Crippen molar-refractivity contribution < 1.29 is 40.3 Å². The molecule has 0 atom stereocenters. The lowest BCUT2D eigenvalue weighted by molar-refractivity contribution is -0.336. The quantitative estimate of drug-likeness (QED) is 0.212. The molecule has 0 aromatic heterocycles. The van der Waals surface area contributed by atoms with Gasteiger partial charge in [-0.05, 0) is 23.6 Å². The van der Waals surface area contributed by atoms with Crippen LogP contribution in [0.15, 0.2) is 65.7 Å². The minimum Gasteiger partial charge on any atom is -0.457 e. The van der Waals surface area contributed by atoms with Crippen LogP contribution in [-0.2, 0) is 16.1 Å². The van der Waals surface area contributed by atoms with Crippen LogP contribution in [0.4, 0.5) is 30.7 Å². The summed E-state index contributed by atoms with van der Waals surface area (Å²) in [5.41, 5.74) is -0.256. The Balaban J connectivity index is 2.24. The van der Waals surface area contributed by atoms with E-state index in [4.69, 9.17) is 4.74 Å². The number of aliphatic imine (C=N–C) groups is 1. The summed E-state index contributed by atoms with van der Waals surface area (Å²) >= 11 is 0. The van der Waals surface area contributed by atoms with E-state index in [1.807, 2.05) is 0 Å². The number of alkyl halides is 7. The van der Waals surface area contributed by atoms with E-state index < -0.39 is 35.3 Å². The molecule has 0 aliphatic heterocycles. The number of ether oxygens (including phenoxy) is 1. The molecule has 10 heteroatoms. The molecule has 0 saturated carbocycles. The van der Waals surface area contributed by atoms with E-state index in [0.29, 0.717) is 23.7 Å². The lowest BCUT2D eigenvalue weighted by atomic mass is 9.96. The van der Waals surface area contributed by atoms with Crippen LogP contribution in [0.25, 0.3) is 11.1 Å². The van der Waals surface area contributed by atoms with Gasteiger partial charge in [-0.1, -0.05) is 55.1 Å². The minimum atomic E-state index is -6.45. The molecule has 32 heavy (non-hydrogen) atoms. The minimum absolute atomic E-state index is 0.00371. The normalized spacial score (nSPS) is 13.1. The highest BCUT2D eigenvalue weighted by Gasteiger charge is 2.74. The summed E-state index contributed by atoms with van der Waals surface area (Å²) in [6.07, 6.45) is -6.45. The maximum Gasteiger partial charge on any atom is 0.460 e. The Morgan fingerprint density at radius 1 is 0.906 bits per heavy atom. The highest BCUT2D eigenvalue weighted by atomic mass is 19.4. The zero-order chi connectivity index (χ0) is 24.3. The molecule has 0 unspecified atom stereocenters. The molecular weight excluding hydrogens is 443 g/mol. The number of hydrogen-bond donors (Lipinski definition) is 0. The van der Waals surface area contributed by atoms with Gasteiger partial charge in [-0.2, -0.15) is 30.7 Å². The summed E-state index contributed by atoms with van der Waals surface area (Å²) in [5, 5.41) is 0. The lowest BCUT2D eigenvalue weighted by Crippen LogP contribution is -2.56. The lowest BCUT2D eigenvalue weighted by Gasteiger charge is -2.29. The third kappa shape index (κ3) is 5.00. The Morgan fingerprint density at radius 2 is 1.38 bits per heavy atom. The van der Waals surface area contributed by atoms with Gasteiger partial charge in [0.05, 0.1) is 0 Å². The number of rotatable bonds is 7. The Hall–Kier alpha value is -3.17. The monoisotopic (exact) mass is 461 g/mol. The van der Waals surface area contributed by atoms with E-state index in [1.165, 1.54) is 19.1 Å². The van der Waals surface area contributed by atoms with Gasteiger partial charge in [-0.25, -0.2) is 4.79 Å². The van der Waals surface area contributed by atoms with E-state index in [-0.39, 0.29) is 12.2 Å². The molecule has 0 aliphatic carbocycles. The van der Waals surface area contributed by atoms with Crippen molar-refractivity contribution in [2.24, 2.45) is 4.99 Å². The summed E-state index contributed by atoms with van der Waals surface area (Å²) in [7, 11) is 0.711. The summed E-state index contributed by atoms with van der Waals surface area (Å²) in [4.78, 5) is 14.4. The summed E-state index contributed by atoms with van der Waals surface area (Å²) in [5.74, 6) is -12.4. The molecule has 0 N–H and O–H groups in total. The van der Waals surface area contributed by atoms with Crippen molar-refractivity contribution in [3.63, 3.8) is 0 Å². The second kappa shape index (κ2) is 9.13. The average molecular weight is 461 g/mol. The van der Waals surface area contributed by atoms with Gasteiger partial charge in [0.1, 0.15) is 12.3 Å². The first-order valence-corrected chi connectivity index (χ1v) is 9.04. The molecule has 0 bridgehead atoms. The summed E-state index contributed by atoms with van der Waals surface area (Å²) in [6, 6.07) is 11.1. The van der Waals surface area contributed by atoms with E-state index >= 15 is 0 Å². The fraction of sp³-hybridized carbons (Fsp3) is 0.273. The van der Waals surface area contributed by atoms with Gasteiger partial charge in [-0.15, -0.1) is 0 Å². The Bertz CT molecular complexity index is 1010. The van der Waals surface area contributed by atoms with Crippen molar-refractivity contribution in [2.75, 3.05) is 7.05 Å². The van der Waals surface area contributed by atoms with Crippen LogP contribution in [0.2, 0.25) is 0 Å². The molecule has 3 nitrogen and oxygen atoms in total. The number of benzene rings is 2. The van der Waals surface area contributed by atoms with Gasteiger partial charge < -0.3 is 4.74 Å². The van der Waals surface area contributed by atoms with Crippen LogP contribution in [0, 0.1) is 0 Å². The standard InChI is InChI=1S/C22H18F7NO2/c1-13(2)19(31)32-12-14-4-6-15(7-5-14)16-8-10-17(11-9-16)18(30-3)20(23,24)21(25,26)22(27,28)29/h4-11H,1,12H2,2-3H3. The number of nitrogens with zero attached hydrogens (tertiary/aromatic N) is 1. The molecule has 0 aliphatic rings. The SMILES string of the molecule is C=C(C)C(=O)OCc1ccc(-c2ccc(C(=NC)C(F)(F)C(F)(F)C(F)(F)F)cc2)cc1.